The average Bonchev–Trinajstić information content (AvgIpc) is 2.41. The van der Waals surface area contributed by atoms with Crippen LogP contribution < -0.4 is 5.32 Å². The molecule has 1 aliphatic rings. The van der Waals surface area contributed by atoms with Crippen molar-refractivity contribution in [2.45, 2.75) is 50.7 Å². The minimum atomic E-state index is -0.370. The Morgan fingerprint density at radius 3 is 2.63 bits per heavy atom. The molecule has 0 bridgehead atoms. The van der Waals surface area contributed by atoms with Gasteiger partial charge < -0.3 is 10.4 Å². The molecule has 0 radical (unpaired) electrons. The molecule has 1 aliphatic carbocycles. The number of carbonyl (C=O) groups is 1. The first-order valence-corrected chi connectivity index (χ1v) is 7.66. The Bertz CT molecular complexity index is 419. The monoisotopic (exact) mass is 325 g/mol. The molecule has 1 aromatic carbocycles. The van der Waals surface area contributed by atoms with Crippen LogP contribution >= 0.6 is 15.9 Å². The predicted molar refractivity (Wildman–Crippen MR) is 78.9 cm³/mol. The van der Waals surface area contributed by atoms with Gasteiger partial charge in [-0.25, -0.2) is 0 Å². The summed E-state index contributed by atoms with van der Waals surface area (Å²) in [4.78, 5) is 11.9. The highest BCUT2D eigenvalue weighted by Crippen LogP contribution is 2.18. The number of nitrogens with one attached hydrogen (secondary N) is 1. The zero-order chi connectivity index (χ0) is 13.7. The molecule has 1 saturated carbocycles. The molecule has 2 N–H and O–H groups in total. The van der Waals surface area contributed by atoms with Crippen LogP contribution in [0.1, 0.15) is 37.7 Å². The van der Waals surface area contributed by atoms with Crippen LogP contribution in [0, 0.1) is 0 Å². The van der Waals surface area contributed by atoms with Crippen LogP contribution in [0.5, 0.6) is 0 Å². The summed E-state index contributed by atoms with van der Waals surface area (Å²) in [5.74, 6) is 0.0360. The summed E-state index contributed by atoms with van der Waals surface area (Å²) in [6.45, 7) is 0. The van der Waals surface area contributed by atoms with Crippen molar-refractivity contribution >= 4 is 21.8 Å². The largest absolute Gasteiger partial charge is 0.391 e. The van der Waals surface area contributed by atoms with Crippen LogP contribution in [0.15, 0.2) is 28.7 Å². The van der Waals surface area contributed by atoms with Gasteiger partial charge in [-0.2, -0.15) is 0 Å². The second-order valence-electron chi connectivity index (χ2n) is 5.15. The lowest BCUT2D eigenvalue weighted by Gasteiger charge is -2.28. The minimum absolute atomic E-state index is 0.0360. The van der Waals surface area contributed by atoms with Crippen molar-refractivity contribution in [2.24, 2.45) is 0 Å². The summed E-state index contributed by atoms with van der Waals surface area (Å²) >= 11 is 3.39. The molecule has 0 aliphatic heterocycles. The molecule has 0 aromatic heterocycles. The molecule has 1 amide bonds. The highest BCUT2D eigenvalue weighted by Gasteiger charge is 2.24. The maximum Gasteiger partial charge on any atom is 0.220 e. The zero-order valence-corrected chi connectivity index (χ0v) is 12.5. The zero-order valence-electron chi connectivity index (χ0n) is 10.9. The van der Waals surface area contributed by atoms with E-state index in [1.807, 2.05) is 24.3 Å². The number of amides is 1. The van der Waals surface area contributed by atoms with E-state index in [0.29, 0.717) is 6.42 Å². The van der Waals surface area contributed by atoms with E-state index in [4.69, 9.17) is 0 Å². The van der Waals surface area contributed by atoms with E-state index in [9.17, 15) is 9.90 Å². The molecule has 19 heavy (non-hydrogen) atoms. The topological polar surface area (TPSA) is 49.3 Å². The number of benzene rings is 1. The number of hydrogen-bond donors (Lipinski definition) is 2. The van der Waals surface area contributed by atoms with Gasteiger partial charge in [0, 0.05) is 10.9 Å². The number of aliphatic hydroxyl groups excluding tert-OH is 1. The maximum atomic E-state index is 11.9. The molecule has 0 saturated heterocycles. The van der Waals surface area contributed by atoms with Crippen molar-refractivity contribution in [3.8, 4) is 0 Å². The number of aryl methyl sites for hydroxylation is 1. The highest BCUT2D eigenvalue weighted by atomic mass is 79.9. The van der Waals surface area contributed by atoms with Crippen LogP contribution in [-0.2, 0) is 11.2 Å². The van der Waals surface area contributed by atoms with E-state index in [0.717, 1.165) is 42.1 Å². The fourth-order valence-electron chi connectivity index (χ4n) is 2.47. The minimum Gasteiger partial charge on any atom is -0.391 e. The first-order valence-electron chi connectivity index (χ1n) is 6.87. The fraction of sp³-hybridized carbons (Fsp3) is 0.533. The third-order valence-electron chi connectivity index (χ3n) is 3.63. The van der Waals surface area contributed by atoms with Gasteiger partial charge >= 0.3 is 0 Å². The Balaban J connectivity index is 1.76. The number of aliphatic hydroxyl groups is 1. The SMILES string of the molecule is O=C(CCc1ccc(Br)cc1)NC1CCCCC1O. The van der Waals surface area contributed by atoms with Gasteiger partial charge in [-0.05, 0) is 37.0 Å². The lowest BCUT2D eigenvalue weighted by atomic mass is 9.92. The second kappa shape index (κ2) is 7.06. The van der Waals surface area contributed by atoms with Crippen molar-refractivity contribution in [1.29, 1.82) is 0 Å². The molecule has 3 nitrogen and oxygen atoms in total. The van der Waals surface area contributed by atoms with Crippen molar-refractivity contribution in [3.05, 3.63) is 34.3 Å². The summed E-state index contributed by atoms with van der Waals surface area (Å²) in [5.41, 5.74) is 1.16. The van der Waals surface area contributed by atoms with Crippen LogP contribution in [0.3, 0.4) is 0 Å². The van der Waals surface area contributed by atoms with Gasteiger partial charge in [-0.3, -0.25) is 4.79 Å². The molecule has 2 atom stereocenters. The first kappa shape index (κ1) is 14.5. The van der Waals surface area contributed by atoms with Crippen LogP contribution in [0.4, 0.5) is 0 Å². The third kappa shape index (κ3) is 4.62. The quantitative estimate of drug-likeness (QED) is 0.894. The van der Waals surface area contributed by atoms with Gasteiger partial charge in [0.25, 0.3) is 0 Å². The van der Waals surface area contributed by atoms with E-state index in [2.05, 4.69) is 21.2 Å². The predicted octanol–water partition coefficient (Wildman–Crippen LogP) is 2.80. The molecule has 1 fully saturated rings. The second-order valence-corrected chi connectivity index (χ2v) is 6.07. The number of carbonyl (C=O) groups excluding carboxylic acids is 1. The summed E-state index contributed by atoms with van der Waals surface area (Å²) in [7, 11) is 0. The summed E-state index contributed by atoms with van der Waals surface area (Å²) in [6, 6.07) is 7.96. The average molecular weight is 326 g/mol. The molecule has 2 rings (SSSR count). The Labute approximate surface area is 122 Å². The molecule has 2 unspecified atom stereocenters. The number of hydrogen-bond acceptors (Lipinski definition) is 2. The molecule has 0 spiro atoms. The lowest BCUT2D eigenvalue weighted by Crippen LogP contribution is -2.45. The summed E-state index contributed by atoms with van der Waals surface area (Å²) in [5, 5.41) is 12.8. The van der Waals surface area contributed by atoms with Gasteiger partial charge in [-0.15, -0.1) is 0 Å². The molecular formula is C15H20BrNO2. The van der Waals surface area contributed by atoms with E-state index < -0.39 is 0 Å². The highest BCUT2D eigenvalue weighted by molar-refractivity contribution is 9.10. The van der Waals surface area contributed by atoms with Gasteiger partial charge in [0.1, 0.15) is 0 Å². The molecule has 104 valence electrons. The normalized spacial score (nSPS) is 23.1. The molecule has 0 heterocycles. The Hall–Kier alpha value is -0.870. The lowest BCUT2D eigenvalue weighted by molar-refractivity contribution is -0.123. The van der Waals surface area contributed by atoms with Crippen LogP contribution in [0.2, 0.25) is 0 Å². The van der Waals surface area contributed by atoms with Crippen molar-refractivity contribution < 1.29 is 9.90 Å². The van der Waals surface area contributed by atoms with Gasteiger partial charge in [0.2, 0.25) is 5.91 Å². The van der Waals surface area contributed by atoms with E-state index in [-0.39, 0.29) is 18.1 Å². The van der Waals surface area contributed by atoms with Gasteiger partial charge in [0.05, 0.1) is 12.1 Å². The smallest absolute Gasteiger partial charge is 0.220 e. The van der Waals surface area contributed by atoms with Gasteiger partial charge in [0.15, 0.2) is 0 Å². The molecule has 1 aromatic rings. The van der Waals surface area contributed by atoms with Crippen molar-refractivity contribution in [2.75, 3.05) is 0 Å². The molecule has 4 heteroatoms. The van der Waals surface area contributed by atoms with Crippen molar-refractivity contribution in [3.63, 3.8) is 0 Å². The van der Waals surface area contributed by atoms with Crippen molar-refractivity contribution in [1.82, 2.24) is 5.32 Å². The van der Waals surface area contributed by atoms with Gasteiger partial charge in [-0.1, -0.05) is 40.9 Å². The third-order valence-corrected chi connectivity index (χ3v) is 4.16. The van der Waals surface area contributed by atoms with E-state index in [1.54, 1.807) is 0 Å². The first-order chi connectivity index (χ1) is 9.15. The number of rotatable bonds is 4. The summed E-state index contributed by atoms with van der Waals surface area (Å²) < 4.78 is 1.05. The van der Waals surface area contributed by atoms with E-state index >= 15 is 0 Å². The number of halogens is 1. The fourth-order valence-corrected chi connectivity index (χ4v) is 2.73. The Morgan fingerprint density at radius 1 is 1.26 bits per heavy atom. The van der Waals surface area contributed by atoms with E-state index in [1.165, 1.54) is 0 Å². The standard InChI is InChI=1S/C15H20BrNO2/c16-12-8-5-11(6-9-12)7-10-15(19)17-13-3-1-2-4-14(13)18/h5-6,8-9,13-14,18H,1-4,7,10H2,(H,17,19). The van der Waals surface area contributed by atoms with Crippen LogP contribution in [-0.4, -0.2) is 23.2 Å². The Kier molecular flexibility index (Phi) is 5.40. The maximum absolute atomic E-state index is 11.9. The summed E-state index contributed by atoms with van der Waals surface area (Å²) in [6.07, 6.45) is 4.70. The Morgan fingerprint density at radius 2 is 1.95 bits per heavy atom. The van der Waals surface area contributed by atoms with Crippen LogP contribution in [0.25, 0.3) is 0 Å². The molecular weight excluding hydrogens is 306 g/mol.